The van der Waals surface area contributed by atoms with Crippen LogP contribution in [0.3, 0.4) is 0 Å². The van der Waals surface area contributed by atoms with Crippen LogP contribution in [0.4, 0.5) is 0 Å². The summed E-state index contributed by atoms with van der Waals surface area (Å²) in [5, 5.41) is 108. The lowest BCUT2D eigenvalue weighted by molar-refractivity contribution is 0.330. The molecule has 0 aliphatic rings. The number of phenolic OH excluding ortho intramolecular Hbond substituents is 10. The predicted octanol–water partition coefficient (Wildman–Crippen LogP) is 7.72. The molecule has 0 aliphatic carbocycles. The Balaban J connectivity index is 1.71. The van der Waals surface area contributed by atoms with Crippen LogP contribution in [0.5, 0.6) is 57.5 Å². The summed E-state index contributed by atoms with van der Waals surface area (Å²) in [7, 11) is 0. The SMILES string of the molecule is Oc1c(O)c(O)c(-c2c3ccccc3c(-c3c(O)c(O)c(O)c(O)c3O)c3cc(-c4ccccc4-c4ccccc4)ccc23)c(O)c1O. The summed E-state index contributed by atoms with van der Waals surface area (Å²) in [5.74, 6) is -10.4. The molecule has 48 heavy (non-hydrogen) atoms. The minimum absolute atomic E-state index is 0.0789. The monoisotopic (exact) mass is 642 g/mol. The summed E-state index contributed by atoms with van der Waals surface area (Å²) in [5.41, 5.74) is 2.50. The highest BCUT2D eigenvalue weighted by Crippen LogP contribution is 2.61. The molecule has 0 radical (unpaired) electrons. The first-order chi connectivity index (χ1) is 23.0. The van der Waals surface area contributed by atoms with Gasteiger partial charge in [-0.15, -0.1) is 0 Å². The topological polar surface area (TPSA) is 202 Å². The molecule has 10 nitrogen and oxygen atoms in total. The summed E-state index contributed by atoms with van der Waals surface area (Å²) in [6, 6.07) is 28.6. The van der Waals surface area contributed by atoms with Gasteiger partial charge in [0.25, 0.3) is 0 Å². The average Bonchev–Trinajstić information content (AvgIpc) is 3.12. The lowest BCUT2D eigenvalue weighted by atomic mass is 9.83. The number of rotatable bonds is 4. The van der Waals surface area contributed by atoms with E-state index in [1.807, 2.05) is 54.6 Å². The molecule has 0 saturated carbocycles. The minimum Gasteiger partial charge on any atom is -0.504 e. The predicted molar refractivity (Wildman–Crippen MR) is 180 cm³/mol. The number of hydrogen-bond acceptors (Lipinski definition) is 10. The van der Waals surface area contributed by atoms with Gasteiger partial charge in [0, 0.05) is 11.1 Å². The summed E-state index contributed by atoms with van der Waals surface area (Å²) < 4.78 is 0. The van der Waals surface area contributed by atoms with E-state index < -0.39 is 68.6 Å². The van der Waals surface area contributed by atoms with Crippen molar-refractivity contribution in [2.75, 3.05) is 0 Å². The van der Waals surface area contributed by atoms with Crippen LogP contribution in [-0.4, -0.2) is 51.1 Å². The maximum absolute atomic E-state index is 11.2. The molecule has 0 atom stereocenters. The van der Waals surface area contributed by atoms with Gasteiger partial charge in [-0.05, 0) is 49.9 Å². The van der Waals surface area contributed by atoms with Crippen LogP contribution in [0, 0.1) is 0 Å². The van der Waals surface area contributed by atoms with Gasteiger partial charge in [-0.25, -0.2) is 0 Å². The molecule has 0 amide bonds. The van der Waals surface area contributed by atoms with Crippen molar-refractivity contribution in [3.05, 3.63) is 97.1 Å². The molecular weight excluding hydrogens is 616 g/mol. The highest BCUT2D eigenvalue weighted by Gasteiger charge is 2.31. The zero-order valence-electron chi connectivity index (χ0n) is 24.7. The zero-order chi connectivity index (χ0) is 34.0. The second-order valence-electron chi connectivity index (χ2n) is 11.2. The lowest BCUT2D eigenvalue weighted by Gasteiger charge is -2.22. The molecule has 7 aromatic rings. The van der Waals surface area contributed by atoms with E-state index in [-0.39, 0.29) is 32.7 Å². The van der Waals surface area contributed by atoms with E-state index in [0.717, 1.165) is 16.7 Å². The Hall–Kier alpha value is -6.94. The van der Waals surface area contributed by atoms with Gasteiger partial charge in [-0.1, -0.05) is 91.0 Å². The fourth-order valence-corrected chi connectivity index (χ4v) is 6.33. The van der Waals surface area contributed by atoms with E-state index >= 15 is 0 Å². The van der Waals surface area contributed by atoms with Gasteiger partial charge in [0.15, 0.2) is 23.0 Å². The van der Waals surface area contributed by atoms with E-state index in [9.17, 15) is 51.1 Å². The van der Waals surface area contributed by atoms with Crippen molar-refractivity contribution in [2.45, 2.75) is 0 Å². The summed E-state index contributed by atoms with van der Waals surface area (Å²) in [6.45, 7) is 0. The van der Waals surface area contributed by atoms with Crippen LogP contribution >= 0.6 is 0 Å². The van der Waals surface area contributed by atoms with E-state index in [1.54, 1.807) is 42.5 Å². The normalized spacial score (nSPS) is 11.3. The highest BCUT2D eigenvalue weighted by atomic mass is 16.4. The van der Waals surface area contributed by atoms with Crippen LogP contribution in [0.1, 0.15) is 0 Å². The first kappa shape index (κ1) is 29.8. The first-order valence-electron chi connectivity index (χ1n) is 14.5. The molecule has 0 heterocycles. The number of aromatic hydroxyl groups is 10. The Kier molecular flexibility index (Phi) is 6.72. The third-order valence-corrected chi connectivity index (χ3v) is 8.59. The van der Waals surface area contributed by atoms with Crippen LogP contribution in [0.2, 0.25) is 0 Å². The molecule has 7 aromatic carbocycles. The molecule has 0 fully saturated rings. The van der Waals surface area contributed by atoms with Gasteiger partial charge in [0.05, 0.1) is 11.1 Å². The smallest absolute Gasteiger partial charge is 0.208 e. The van der Waals surface area contributed by atoms with Crippen LogP contribution in [0.15, 0.2) is 97.1 Å². The van der Waals surface area contributed by atoms with Crippen molar-refractivity contribution in [2.24, 2.45) is 0 Å². The molecule has 0 aliphatic heterocycles. The lowest BCUT2D eigenvalue weighted by Crippen LogP contribution is -1.94. The van der Waals surface area contributed by atoms with E-state index in [1.165, 1.54) is 0 Å². The van der Waals surface area contributed by atoms with Crippen molar-refractivity contribution in [3.8, 4) is 102 Å². The Morgan fingerprint density at radius 3 is 1.08 bits per heavy atom. The largest absolute Gasteiger partial charge is 0.504 e. The maximum Gasteiger partial charge on any atom is 0.208 e. The number of phenols is 10. The van der Waals surface area contributed by atoms with E-state index in [4.69, 9.17) is 0 Å². The van der Waals surface area contributed by atoms with Crippen LogP contribution in [-0.2, 0) is 0 Å². The highest BCUT2D eigenvalue weighted by molar-refractivity contribution is 6.24. The molecule has 0 saturated heterocycles. The van der Waals surface area contributed by atoms with Crippen molar-refractivity contribution >= 4 is 21.5 Å². The third kappa shape index (κ3) is 4.20. The third-order valence-electron chi connectivity index (χ3n) is 8.59. The number of fused-ring (bicyclic) bond motifs is 2. The first-order valence-corrected chi connectivity index (χ1v) is 14.5. The molecule has 10 heteroatoms. The Labute approximate surface area is 271 Å². The van der Waals surface area contributed by atoms with Gasteiger partial charge in [0.2, 0.25) is 34.5 Å². The Bertz CT molecular complexity index is 2390. The minimum atomic E-state index is -1.14. The second kappa shape index (κ2) is 10.8. The standard InChI is InChI=1S/C38H26O10/c39-29-27(30(40)34(44)37(47)33(29)43)25-21-12-6-7-13-22(21)26(28-31(41)35(45)38(48)36(46)32(28)42)24-16-18(14-15-23(24)25)20-11-5-4-10-19(20)17-8-2-1-3-9-17/h1-16,39-48H. The van der Waals surface area contributed by atoms with Crippen molar-refractivity contribution < 1.29 is 51.1 Å². The summed E-state index contributed by atoms with van der Waals surface area (Å²) in [4.78, 5) is 0. The Morgan fingerprint density at radius 2 is 0.604 bits per heavy atom. The van der Waals surface area contributed by atoms with Crippen molar-refractivity contribution in [1.29, 1.82) is 0 Å². The molecule has 0 spiro atoms. The van der Waals surface area contributed by atoms with Gasteiger partial charge in [-0.2, -0.15) is 0 Å². The zero-order valence-corrected chi connectivity index (χ0v) is 24.7. The second-order valence-corrected chi connectivity index (χ2v) is 11.2. The number of benzene rings is 7. The van der Waals surface area contributed by atoms with Gasteiger partial charge in [0.1, 0.15) is 0 Å². The molecule has 10 N–H and O–H groups in total. The summed E-state index contributed by atoms with van der Waals surface area (Å²) in [6.07, 6.45) is 0. The maximum atomic E-state index is 11.2. The Morgan fingerprint density at radius 1 is 0.250 bits per heavy atom. The van der Waals surface area contributed by atoms with Gasteiger partial charge in [-0.3, -0.25) is 0 Å². The van der Waals surface area contributed by atoms with E-state index in [0.29, 0.717) is 5.56 Å². The molecule has 238 valence electrons. The molecule has 0 bridgehead atoms. The van der Waals surface area contributed by atoms with Gasteiger partial charge >= 0.3 is 0 Å². The molecule has 0 unspecified atom stereocenters. The molecule has 0 aromatic heterocycles. The quantitative estimate of drug-likeness (QED) is 0.0514. The molecular formula is C38H26O10. The van der Waals surface area contributed by atoms with Crippen LogP contribution < -0.4 is 0 Å². The van der Waals surface area contributed by atoms with Crippen LogP contribution in [0.25, 0.3) is 66.1 Å². The fourth-order valence-electron chi connectivity index (χ4n) is 6.33. The fraction of sp³-hybridized carbons (Fsp3) is 0. The number of hydrogen-bond donors (Lipinski definition) is 10. The summed E-state index contributed by atoms with van der Waals surface area (Å²) >= 11 is 0. The average molecular weight is 643 g/mol. The van der Waals surface area contributed by atoms with Crippen molar-refractivity contribution in [1.82, 2.24) is 0 Å². The molecule has 7 rings (SSSR count). The van der Waals surface area contributed by atoms with Gasteiger partial charge < -0.3 is 51.1 Å². The van der Waals surface area contributed by atoms with Crippen molar-refractivity contribution in [3.63, 3.8) is 0 Å². The van der Waals surface area contributed by atoms with E-state index in [2.05, 4.69) is 0 Å².